The summed E-state index contributed by atoms with van der Waals surface area (Å²) in [6, 6.07) is 10.5. The second kappa shape index (κ2) is 8.66. The van der Waals surface area contributed by atoms with E-state index in [0.717, 1.165) is 6.42 Å². The molecule has 0 unspecified atom stereocenters. The molecule has 0 atom stereocenters. The van der Waals surface area contributed by atoms with Crippen molar-refractivity contribution in [3.63, 3.8) is 0 Å². The van der Waals surface area contributed by atoms with E-state index in [9.17, 15) is 19.8 Å². The highest BCUT2D eigenvalue weighted by molar-refractivity contribution is 6.03. The SMILES string of the molecule is CCCC(=O)Nc1ccc(C(=O)N/N=C(/C)c2cc(O)ccc2O)cc1. The minimum Gasteiger partial charge on any atom is -0.508 e. The molecule has 0 heterocycles. The van der Waals surface area contributed by atoms with Crippen molar-refractivity contribution in [1.29, 1.82) is 0 Å². The number of phenolic OH excluding ortho intramolecular Hbond substituents is 2. The maximum atomic E-state index is 12.2. The van der Waals surface area contributed by atoms with Crippen molar-refractivity contribution < 1.29 is 19.8 Å². The Bertz CT molecular complexity index is 829. The lowest BCUT2D eigenvalue weighted by molar-refractivity contribution is -0.116. The van der Waals surface area contributed by atoms with Gasteiger partial charge in [0.2, 0.25) is 5.91 Å². The van der Waals surface area contributed by atoms with Crippen LogP contribution in [-0.4, -0.2) is 27.7 Å². The molecule has 0 saturated carbocycles. The summed E-state index contributed by atoms with van der Waals surface area (Å²) < 4.78 is 0. The van der Waals surface area contributed by atoms with Gasteiger partial charge in [0, 0.05) is 23.2 Å². The molecule has 2 aromatic rings. The number of hydrogen-bond acceptors (Lipinski definition) is 5. The third-order valence-corrected chi connectivity index (χ3v) is 3.60. The van der Waals surface area contributed by atoms with Crippen molar-refractivity contribution in [2.75, 3.05) is 5.32 Å². The van der Waals surface area contributed by atoms with E-state index >= 15 is 0 Å². The Labute approximate surface area is 151 Å². The summed E-state index contributed by atoms with van der Waals surface area (Å²) in [5.41, 5.74) is 4.04. The third kappa shape index (κ3) is 5.07. The molecule has 2 aromatic carbocycles. The van der Waals surface area contributed by atoms with Crippen LogP contribution in [0, 0.1) is 0 Å². The number of amides is 2. The standard InChI is InChI=1S/C19H21N3O4/c1-3-4-18(25)20-14-7-5-13(6-8-14)19(26)22-21-12(2)16-11-15(23)9-10-17(16)24/h5-11,23-24H,3-4H2,1-2H3,(H,20,25)(H,22,26)/b21-12-. The Kier molecular flexibility index (Phi) is 6.32. The van der Waals surface area contributed by atoms with E-state index in [-0.39, 0.29) is 17.4 Å². The average Bonchev–Trinajstić information content (AvgIpc) is 2.62. The van der Waals surface area contributed by atoms with Crippen LogP contribution in [0.25, 0.3) is 0 Å². The summed E-state index contributed by atoms with van der Waals surface area (Å²) in [5.74, 6) is -0.573. The molecule has 0 bridgehead atoms. The van der Waals surface area contributed by atoms with E-state index in [4.69, 9.17) is 0 Å². The fraction of sp³-hybridized carbons (Fsp3) is 0.211. The maximum absolute atomic E-state index is 12.2. The number of hydrogen-bond donors (Lipinski definition) is 4. The fourth-order valence-corrected chi connectivity index (χ4v) is 2.23. The van der Waals surface area contributed by atoms with Gasteiger partial charge >= 0.3 is 0 Å². The zero-order chi connectivity index (χ0) is 19.1. The smallest absolute Gasteiger partial charge is 0.271 e. The molecular formula is C19H21N3O4. The van der Waals surface area contributed by atoms with Crippen molar-refractivity contribution in [2.24, 2.45) is 5.10 Å². The van der Waals surface area contributed by atoms with Crippen LogP contribution in [0.5, 0.6) is 11.5 Å². The summed E-state index contributed by atoms with van der Waals surface area (Å²) in [5, 5.41) is 26.0. The predicted molar refractivity (Wildman–Crippen MR) is 99.4 cm³/mol. The summed E-state index contributed by atoms with van der Waals surface area (Å²) >= 11 is 0. The topological polar surface area (TPSA) is 111 Å². The minimum atomic E-state index is -0.435. The molecule has 0 aliphatic carbocycles. The number of phenols is 2. The van der Waals surface area contributed by atoms with Crippen LogP contribution in [0.1, 0.15) is 42.6 Å². The highest BCUT2D eigenvalue weighted by Crippen LogP contribution is 2.22. The predicted octanol–water partition coefficient (Wildman–Crippen LogP) is 2.99. The van der Waals surface area contributed by atoms with Gasteiger partial charge in [-0.3, -0.25) is 9.59 Å². The highest BCUT2D eigenvalue weighted by atomic mass is 16.3. The van der Waals surface area contributed by atoms with Crippen molar-refractivity contribution in [3.8, 4) is 11.5 Å². The maximum Gasteiger partial charge on any atom is 0.271 e. The van der Waals surface area contributed by atoms with Crippen LogP contribution >= 0.6 is 0 Å². The van der Waals surface area contributed by atoms with Crippen molar-refractivity contribution in [2.45, 2.75) is 26.7 Å². The van der Waals surface area contributed by atoms with Crippen LogP contribution in [0.3, 0.4) is 0 Å². The van der Waals surface area contributed by atoms with E-state index in [1.165, 1.54) is 18.2 Å². The highest BCUT2D eigenvalue weighted by Gasteiger charge is 2.09. The molecule has 2 amide bonds. The molecule has 2 rings (SSSR count). The van der Waals surface area contributed by atoms with Gasteiger partial charge in [-0.1, -0.05) is 6.92 Å². The average molecular weight is 355 g/mol. The molecule has 0 radical (unpaired) electrons. The van der Waals surface area contributed by atoms with Crippen LogP contribution in [-0.2, 0) is 4.79 Å². The Morgan fingerprint density at radius 1 is 1.08 bits per heavy atom. The first-order valence-corrected chi connectivity index (χ1v) is 8.17. The van der Waals surface area contributed by atoms with Crippen molar-refractivity contribution in [1.82, 2.24) is 5.43 Å². The molecule has 0 aliphatic heterocycles. The molecule has 0 saturated heterocycles. The van der Waals surface area contributed by atoms with E-state index < -0.39 is 5.91 Å². The lowest BCUT2D eigenvalue weighted by Gasteiger charge is -2.07. The van der Waals surface area contributed by atoms with E-state index in [0.29, 0.717) is 28.9 Å². The first kappa shape index (κ1) is 19.0. The van der Waals surface area contributed by atoms with Gasteiger partial charge in [0.05, 0.1) is 5.71 Å². The van der Waals surface area contributed by atoms with Gasteiger partial charge in [-0.25, -0.2) is 5.43 Å². The number of rotatable bonds is 6. The van der Waals surface area contributed by atoms with Gasteiger partial charge in [-0.15, -0.1) is 0 Å². The number of carbonyl (C=O) groups excluding carboxylic acids is 2. The first-order valence-electron chi connectivity index (χ1n) is 8.17. The van der Waals surface area contributed by atoms with Crippen LogP contribution in [0.2, 0.25) is 0 Å². The quantitative estimate of drug-likeness (QED) is 0.363. The number of carbonyl (C=O) groups is 2. The Morgan fingerprint density at radius 2 is 1.77 bits per heavy atom. The van der Waals surface area contributed by atoms with Gasteiger partial charge in [0.15, 0.2) is 0 Å². The lowest BCUT2D eigenvalue weighted by Crippen LogP contribution is -2.19. The molecular weight excluding hydrogens is 334 g/mol. The van der Waals surface area contributed by atoms with Gasteiger partial charge in [0.1, 0.15) is 11.5 Å². The van der Waals surface area contributed by atoms with Crippen molar-refractivity contribution >= 4 is 23.2 Å². The number of aromatic hydroxyl groups is 2. The van der Waals surface area contributed by atoms with Gasteiger partial charge in [0.25, 0.3) is 5.91 Å². The second-order valence-corrected chi connectivity index (χ2v) is 5.72. The number of nitrogens with zero attached hydrogens (tertiary/aromatic N) is 1. The zero-order valence-corrected chi connectivity index (χ0v) is 14.6. The summed E-state index contributed by atoms with van der Waals surface area (Å²) in [6.07, 6.45) is 1.20. The molecule has 0 fully saturated rings. The van der Waals surface area contributed by atoms with Crippen LogP contribution in [0.15, 0.2) is 47.6 Å². The van der Waals surface area contributed by atoms with E-state index in [1.54, 1.807) is 31.2 Å². The number of nitrogens with one attached hydrogen (secondary N) is 2. The van der Waals surface area contributed by atoms with Crippen molar-refractivity contribution in [3.05, 3.63) is 53.6 Å². The first-order chi connectivity index (χ1) is 12.4. The van der Waals surface area contributed by atoms with Gasteiger partial charge in [-0.2, -0.15) is 5.10 Å². The molecule has 0 aromatic heterocycles. The summed E-state index contributed by atoms with van der Waals surface area (Å²) in [4.78, 5) is 23.7. The molecule has 0 spiro atoms. The Hall–Kier alpha value is -3.35. The number of anilines is 1. The summed E-state index contributed by atoms with van der Waals surface area (Å²) in [6.45, 7) is 3.52. The molecule has 136 valence electrons. The molecule has 26 heavy (non-hydrogen) atoms. The Balaban J connectivity index is 2.03. The van der Waals surface area contributed by atoms with Gasteiger partial charge < -0.3 is 15.5 Å². The lowest BCUT2D eigenvalue weighted by atomic mass is 10.1. The Morgan fingerprint density at radius 3 is 2.42 bits per heavy atom. The molecule has 0 aliphatic rings. The number of hydrazone groups is 1. The monoisotopic (exact) mass is 355 g/mol. The molecule has 4 N–H and O–H groups in total. The number of benzene rings is 2. The largest absolute Gasteiger partial charge is 0.508 e. The molecule has 7 heteroatoms. The second-order valence-electron chi connectivity index (χ2n) is 5.72. The van der Waals surface area contributed by atoms with E-state index in [2.05, 4.69) is 15.8 Å². The van der Waals surface area contributed by atoms with Crippen LogP contribution in [0.4, 0.5) is 5.69 Å². The van der Waals surface area contributed by atoms with Crippen LogP contribution < -0.4 is 10.7 Å². The van der Waals surface area contributed by atoms with Gasteiger partial charge in [-0.05, 0) is 55.8 Å². The molecule has 7 nitrogen and oxygen atoms in total. The van der Waals surface area contributed by atoms with E-state index in [1.807, 2.05) is 6.92 Å². The zero-order valence-electron chi connectivity index (χ0n) is 14.6. The normalized spacial score (nSPS) is 11.1. The fourth-order valence-electron chi connectivity index (χ4n) is 2.23. The summed E-state index contributed by atoms with van der Waals surface area (Å²) in [7, 11) is 0. The third-order valence-electron chi connectivity index (χ3n) is 3.60. The minimum absolute atomic E-state index is 0.0145.